The van der Waals surface area contributed by atoms with Crippen LogP contribution in [0.25, 0.3) is 0 Å². The fraction of sp³-hybridized carbons (Fsp3) is 0.263. The van der Waals surface area contributed by atoms with Gasteiger partial charge in [-0.1, -0.05) is 17.7 Å². The lowest BCUT2D eigenvalue weighted by molar-refractivity contribution is -0.117. The van der Waals surface area contributed by atoms with E-state index < -0.39 is 0 Å². The second-order valence-corrected chi connectivity index (χ2v) is 6.68. The van der Waals surface area contributed by atoms with Crippen molar-refractivity contribution in [3.8, 4) is 0 Å². The van der Waals surface area contributed by atoms with E-state index in [0.29, 0.717) is 28.6 Å². The van der Waals surface area contributed by atoms with Gasteiger partial charge in [0, 0.05) is 48.3 Å². The van der Waals surface area contributed by atoms with Crippen LogP contribution in [0.1, 0.15) is 0 Å². The van der Waals surface area contributed by atoms with E-state index in [1.54, 1.807) is 48.5 Å². The van der Waals surface area contributed by atoms with Crippen molar-refractivity contribution in [2.45, 2.75) is 0 Å². The van der Waals surface area contributed by atoms with Crippen LogP contribution in [0.15, 0.2) is 48.5 Å². The van der Waals surface area contributed by atoms with E-state index in [-0.39, 0.29) is 11.9 Å². The van der Waals surface area contributed by atoms with Gasteiger partial charge >= 0.3 is 6.03 Å². The number of halogens is 1. The lowest BCUT2D eigenvalue weighted by Crippen LogP contribution is -2.46. The molecule has 1 saturated heterocycles. The molecule has 2 aromatic carbocycles. The molecule has 0 spiro atoms. The van der Waals surface area contributed by atoms with Gasteiger partial charge in [-0.05, 0) is 42.5 Å². The molecule has 0 aliphatic carbocycles. The molecule has 0 aromatic heterocycles. The van der Waals surface area contributed by atoms with Crippen molar-refractivity contribution in [2.24, 2.45) is 0 Å². The molecule has 4 N–H and O–H groups in total. The maximum atomic E-state index is 12.1. The number of hydrogen-bond donors (Lipinski definition) is 4. The van der Waals surface area contributed by atoms with Gasteiger partial charge < -0.3 is 21.3 Å². The first kappa shape index (κ1) is 19.2. The van der Waals surface area contributed by atoms with Crippen LogP contribution >= 0.6 is 11.6 Å². The van der Waals surface area contributed by atoms with Crippen molar-refractivity contribution in [3.05, 3.63) is 53.6 Å². The average molecular weight is 388 g/mol. The van der Waals surface area contributed by atoms with Crippen LogP contribution in [0.3, 0.4) is 0 Å². The first-order valence-electron chi connectivity index (χ1n) is 8.75. The normalized spacial score (nSPS) is 14.4. The molecule has 142 valence electrons. The maximum absolute atomic E-state index is 12.1. The van der Waals surface area contributed by atoms with Crippen LogP contribution in [-0.2, 0) is 4.79 Å². The molecule has 1 fully saturated rings. The highest BCUT2D eigenvalue weighted by Gasteiger charge is 2.13. The van der Waals surface area contributed by atoms with E-state index >= 15 is 0 Å². The number of benzene rings is 2. The van der Waals surface area contributed by atoms with Crippen molar-refractivity contribution in [1.82, 2.24) is 10.2 Å². The second-order valence-electron chi connectivity index (χ2n) is 6.24. The van der Waals surface area contributed by atoms with Gasteiger partial charge in [-0.25, -0.2) is 4.79 Å². The molecular formula is C19H22ClN5O2. The highest BCUT2D eigenvalue weighted by molar-refractivity contribution is 6.30. The van der Waals surface area contributed by atoms with Gasteiger partial charge in [0.15, 0.2) is 0 Å². The van der Waals surface area contributed by atoms with E-state index in [1.165, 1.54) is 0 Å². The number of rotatable bonds is 5. The Hall–Kier alpha value is -2.61. The summed E-state index contributed by atoms with van der Waals surface area (Å²) in [5, 5.41) is 12.1. The van der Waals surface area contributed by atoms with Crippen molar-refractivity contribution in [3.63, 3.8) is 0 Å². The highest BCUT2D eigenvalue weighted by Crippen LogP contribution is 2.17. The Morgan fingerprint density at radius 1 is 0.926 bits per heavy atom. The number of hydrogen-bond acceptors (Lipinski definition) is 4. The lowest BCUT2D eigenvalue weighted by Gasteiger charge is -2.26. The Balaban J connectivity index is 1.47. The molecule has 1 aliphatic heterocycles. The number of nitrogens with zero attached hydrogens (tertiary/aromatic N) is 1. The third-order valence-electron chi connectivity index (χ3n) is 4.09. The number of piperazine rings is 1. The largest absolute Gasteiger partial charge is 0.325 e. The van der Waals surface area contributed by atoms with Gasteiger partial charge in [-0.3, -0.25) is 9.69 Å². The van der Waals surface area contributed by atoms with Crippen LogP contribution in [0.4, 0.5) is 21.9 Å². The minimum Gasteiger partial charge on any atom is -0.325 e. The lowest BCUT2D eigenvalue weighted by atomic mass is 10.2. The van der Waals surface area contributed by atoms with E-state index in [0.717, 1.165) is 26.2 Å². The third-order valence-corrected chi connectivity index (χ3v) is 4.32. The van der Waals surface area contributed by atoms with E-state index in [2.05, 4.69) is 26.2 Å². The number of amides is 3. The predicted molar refractivity (Wildman–Crippen MR) is 108 cm³/mol. The Labute approximate surface area is 163 Å². The summed E-state index contributed by atoms with van der Waals surface area (Å²) in [5.74, 6) is -0.0451. The molecule has 3 amide bonds. The number of carbonyl (C=O) groups excluding carboxylic acids is 2. The third kappa shape index (κ3) is 6.25. The number of carbonyl (C=O) groups is 2. The molecule has 27 heavy (non-hydrogen) atoms. The van der Waals surface area contributed by atoms with Gasteiger partial charge in [-0.2, -0.15) is 0 Å². The van der Waals surface area contributed by atoms with Crippen molar-refractivity contribution >= 4 is 40.6 Å². The maximum Gasteiger partial charge on any atom is 0.323 e. The smallest absolute Gasteiger partial charge is 0.323 e. The summed E-state index contributed by atoms with van der Waals surface area (Å²) in [6.45, 7) is 3.94. The van der Waals surface area contributed by atoms with Gasteiger partial charge in [-0.15, -0.1) is 0 Å². The SMILES string of the molecule is O=C(CN1CCNCC1)Nc1ccc(NC(=O)Nc2cccc(Cl)c2)cc1. The summed E-state index contributed by atoms with van der Waals surface area (Å²) in [7, 11) is 0. The average Bonchev–Trinajstić information content (AvgIpc) is 2.64. The molecule has 7 nitrogen and oxygen atoms in total. The summed E-state index contributed by atoms with van der Waals surface area (Å²) in [6, 6.07) is 13.5. The van der Waals surface area contributed by atoms with Gasteiger partial charge in [0.25, 0.3) is 0 Å². The summed E-state index contributed by atoms with van der Waals surface area (Å²) >= 11 is 5.90. The van der Waals surface area contributed by atoms with Crippen molar-refractivity contribution in [1.29, 1.82) is 0 Å². The van der Waals surface area contributed by atoms with Gasteiger partial charge in [0.1, 0.15) is 0 Å². The molecule has 0 unspecified atom stereocenters. The Morgan fingerprint density at radius 2 is 1.56 bits per heavy atom. The molecular weight excluding hydrogens is 366 g/mol. The molecule has 8 heteroatoms. The Kier molecular flexibility index (Phi) is 6.64. The molecule has 0 saturated carbocycles. The number of urea groups is 1. The van der Waals surface area contributed by atoms with Crippen LogP contribution in [0.5, 0.6) is 0 Å². The summed E-state index contributed by atoms with van der Waals surface area (Å²) in [6.07, 6.45) is 0. The minimum absolute atomic E-state index is 0.0451. The standard InChI is InChI=1S/C19H22ClN5O2/c20-14-2-1-3-17(12-14)24-19(27)23-16-6-4-15(5-7-16)22-18(26)13-25-10-8-21-9-11-25/h1-7,12,21H,8-11,13H2,(H,22,26)(H2,23,24,27). The van der Waals surface area contributed by atoms with E-state index in [1.807, 2.05) is 0 Å². The Bertz CT molecular complexity index is 791. The van der Waals surface area contributed by atoms with Crippen LogP contribution in [-0.4, -0.2) is 49.6 Å². The zero-order valence-corrected chi connectivity index (χ0v) is 15.6. The van der Waals surface area contributed by atoms with Crippen molar-refractivity contribution < 1.29 is 9.59 Å². The van der Waals surface area contributed by atoms with Crippen LogP contribution in [0, 0.1) is 0 Å². The first-order valence-corrected chi connectivity index (χ1v) is 9.13. The number of nitrogens with one attached hydrogen (secondary N) is 4. The quantitative estimate of drug-likeness (QED) is 0.635. The molecule has 1 aliphatic rings. The highest BCUT2D eigenvalue weighted by atomic mass is 35.5. The topological polar surface area (TPSA) is 85.5 Å². The van der Waals surface area contributed by atoms with Crippen LogP contribution < -0.4 is 21.3 Å². The summed E-state index contributed by atoms with van der Waals surface area (Å²) in [5.41, 5.74) is 1.92. The molecule has 0 atom stereocenters. The van der Waals surface area contributed by atoms with Crippen molar-refractivity contribution in [2.75, 3.05) is 48.7 Å². The summed E-state index contributed by atoms with van der Waals surface area (Å²) in [4.78, 5) is 26.3. The Morgan fingerprint density at radius 3 is 2.22 bits per heavy atom. The monoisotopic (exact) mass is 387 g/mol. The van der Waals surface area contributed by atoms with Crippen LogP contribution in [0.2, 0.25) is 5.02 Å². The zero-order chi connectivity index (χ0) is 19.1. The molecule has 0 bridgehead atoms. The minimum atomic E-state index is -0.368. The molecule has 2 aromatic rings. The van der Waals surface area contributed by atoms with E-state index in [9.17, 15) is 9.59 Å². The summed E-state index contributed by atoms with van der Waals surface area (Å²) < 4.78 is 0. The van der Waals surface area contributed by atoms with Gasteiger partial charge in [0.05, 0.1) is 6.54 Å². The predicted octanol–water partition coefficient (Wildman–Crippen LogP) is 2.83. The zero-order valence-electron chi connectivity index (χ0n) is 14.8. The molecule has 3 rings (SSSR count). The van der Waals surface area contributed by atoms with Gasteiger partial charge in [0.2, 0.25) is 5.91 Å². The molecule has 0 radical (unpaired) electrons. The first-order chi connectivity index (χ1) is 13.1. The second kappa shape index (κ2) is 9.36. The molecule has 1 heterocycles. The van der Waals surface area contributed by atoms with E-state index in [4.69, 9.17) is 11.6 Å². The fourth-order valence-corrected chi connectivity index (χ4v) is 2.96. The number of anilines is 3. The fourth-order valence-electron chi connectivity index (χ4n) is 2.77.